The topological polar surface area (TPSA) is 80.6 Å². The van der Waals surface area contributed by atoms with E-state index in [2.05, 4.69) is 15.0 Å². The molecule has 0 aliphatic carbocycles. The monoisotopic (exact) mass is 449 g/mol. The zero-order chi connectivity index (χ0) is 23.2. The third-order valence-corrected chi connectivity index (χ3v) is 5.94. The van der Waals surface area contributed by atoms with Gasteiger partial charge in [-0.15, -0.1) is 0 Å². The van der Waals surface area contributed by atoms with E-state index < -0.39 is 0 Å². The van der Waals surface area contributed by atoms with Gasteiger partial charge in [-0.2, -0.15) is 5.10 Å². The molecule has 2 aromatic heterocycles. The predicted molar refractivity (Wildman–Crippen MR) is 127 cm³/mol. The predicted octanol–water partition coefficient (Wildman–Crippen LogP) is 2.74. The van der Waals surface area contributed by atoms with Crippen LogP contribution in [0.5, 0.6) is 0 Å². The van der Waals surface area contributed by atoms with Crippen molar-refractivity contribution >= 4 is 16.7 Å². The lowest BCUT2D eigenvalue weighted by Crippen LogP contribution is -2.39. The Labute approximate surface area is 193 Å². The quantitative estimate of drug-likeness (QED) is 0.526. The minimum atomic E-state index is -0.176. The fourth-order valence-electron chi connectivity index (χ4n) is 4.14. The van der Waals surface area contributed by atoms with Crippen molar-refractivity contribution < 1.29 is 9.53 Å². The first-order valence-corrected chi connectivity index (χ1v) is 11.5. The molecular weight excluding hydrogens is 418 g/mol. The van der Waals surface area contributed by atoms with E-state index in [1.165, 1.54) is 4.68 Å². The number of morpholine rings is 1. The number of rotatable bonds is 8. The molecule has 0 spiro atoms. The van der Waals surface area contributed by atoms with Crippen LogP contribution in [0.4, 0.5) is 0 Å². The molecule has 0 saturated carbocycles. The van der Waals surface area contributed by atoms with Crippen LogP contribution in [0.1, 0.15) is 42.4 Å². The number of carbonyl (C=O) groups excluding carboxylic acids is 1. The molecule has 8 heteroatoms. The summed E-state index contributed by atoms with van der Waals surface area (Å²) < 4.78 is 6.85. The van der Waals surface area contributed by atoms with Gasteiger partial charge in [0.15, 0.2) is 5.69 Å². The van der Waals surface area contributed by atoms with Gasteiger partial charge in [0.25, 0.3) is 11.5 Å². The van der Waals surface area contributed by atoms with Crippen LogP contribution in [-0.2, 0) is 11.3 Å². The van der Waals surface area contributed by atoms with Crippen molar-refractivity contribution in [2.75, 3.05) is 39.4 Å². The largest absolute Gasteiger partial charge is 0.379 e. The highest BCUT2D eigenvalue weighted by molar-refractivity contribution is 6.04. The van der Waals surface area contributed by atoms with E-state index in [9.17, 15) is 9.59 Å². The van der Waals surface area contributed by atoms with Crippen molar-refractivity contribution in [3.8, 4) is 0 Å². The summed E-state index contributed by atoms with van der Waals surface area (Å²) in [6.07, 6.45) is 4.31. The number of benzene rings is 1. The molecule has 1 amide bonds. The summed E-state index contributed by atoms with van der Waals surface area (Å²) in [5, 5.41) is 5.64. The number of ether oxygens (including phenoxy) is 1. The van der Waals surface area contributed by atoms with Crippen molar-refractivity contribution in [3.05, 3.63) is 70.4 Å². The molecule has 174 valence electrons. The van der Waals surface area contributed by atoms with Crippen LogP contribution < -0.4 is 5.56 Å². The zero-order valence-electron chi connectivity index (χ0n) is 19.3. The Balaban J connectivity index is 1.64. The van der Waals surface area contributed by atoms with Crippen molar-refractivity contribution in [1.29, 1.82) is 0 Å². The lowest BCUT2D eigenvalue weighted by molar-refractivity contribution is 0.0355. The molecule has 1 fully saturated rings. The normalized spacial score (nSPS) is 14.6. The van der Waals surface area contributed by atoms with Gasteiger partial charge in [-0.05, 0) is 44.0 Å². The van der Waals surface area contributed by atoms with Gasteiger partial charge >= 0.3 is 0 Å². The van der Waals surface area contributed by atoms with E-state index in [1.54, 1.807) is 24.5 Å². The fraction of sp³-hybridized carbons (Fsp3) is 0.440. The molecule has 4 rings (SSSR count). The molecule has 1 aliphatic rings. The minimum absolute atomic E-state index is 0.149. The van der Waals surface area contributed by atoms with Gasteiger partial charge in [0, 0.05) is 50.5 Å². The summed E-state index contributed by atoms with van der Waals surface area (Å²) in [7, 11) is 0. The summed E-state index contributed by atoms with van der Waals surface area (Å²) in [6, 6.07) is 10.9. The summed E-state index contributed by atoms with van der Waals surface area (Å²) in [5.41, 5.74) is 1.15. The third-order valence-electron chi connectivity index (χ3n) is 5.94. The lowest BCUT2D eigenvalue weighted by Gasteiger charge is -2.28. The molecule has 3 aromatic rings. The molecule has 0 unspecified atom stereocenters. The number of hydrogen-bond acceptors (Lipinski definition) is 6. The molecule has 8 nitrogen and oxygen atoms in total. The number of aromatic nitrogens is 3. The average Bonchev–Trinajstić information content (AvgIpc) is 2.84. The Kier molecular flexibility index (Phi) is 7.47. The molecule has 0 N–H and O–H groups in total. The van der Waals surface area contributed by atoms with Crippen LogP contribution in [0.25, 0.3) is 10.8 Å². The third kappa shape index (κ3) is 5.46. The molecule has 0 radical (unpaired) electrons. The van der Waals surface area contributed by atoms with Crippen LogP contribution in [-0.4, -0.2) is 69.9 Å². The van der Waals surface area contributed by atoms with Crippen LogP contribution >= 0.6 is 0 Å². The molecule has 0 bridgehead atoms. The van der Waals surface area contributed by atoms with Crippen molar-refractivity contribution in [2.45, 2.75) is 32.9 Å². The van der Waals surface area contributed by atoms with Gasteiger partial charge in [0.1, 0.15) is 0 Å². The second-order valence-electron chi connectivity index (χ2n) is 8.63. The molecule has 1 saturated heterocycles. The Morgan fingerprint density at radius 2 is 1.79 bits per heavy atom. The van der Waals surface area contributed by atoms with Gasteiger partial charge in [0.2, 0.25) is 0 Å². The van der Waals surface area contributed by atoms with Gasteiger partial charge in [-0.1, -0.05) is 18.2 Å². The van der Waals surface area contributed by atoms with E-state index in [1.807, 2.05) is 43.0 Å². The molecular formula is C25H31N5O3. The minimum Gasteiger partial charge on any atom is -0.379 e. The number of pyridine rings is 1. The van der Waals surface area contributed by atoms with Crippen molar-refractivity contribution in [3.63, 3.8) is 0 Å². The maximum absolute atomic E-state index is 13.8. The van der Waals surface area contributed by atoms with Crippen LogP contribution in [0.2, 0.25) is 0 Å². The molecule has 0 atom stereocenters. The summed E-state index contributed by atoms with van der Waals surface area (Å²) in [5.74, 6) is -0.167. The number of hydrogen-bond donors (Lipinski definition) is 0. The van der Waals surface area contributed by atoms with E-state index in [-0.39, 0.29) is 17.5 Å². The highest BCUT2D eigenvalue weighted by Crippen LogP contribution is 2.18. The van der Waals surface area contributed by atoms with Gasteiger partial charge in [-0.25, -0.2) is 4.68 Å². The van der Waals surface area contributed by atoms with Gasteiger partial charge in [-0.3, -0.25) is 19.5 Å². The molecule has 1 aromatic carbocycles. The van der Waals surface area contributed by atoms with E-state index in [4.69, 9.17) is 4.74 Å². The first-order valence-electron chi connectivity index (χ1n) is 11.5. The average molecular weight is 450 g/mol. The van der Waals surface area contributed by atoms with E-state index in [0.29, 0.717) is 29.6 Å². The zero-order valence-corrected chi connectivity index (χ0v) is 19.3. The van der Waals surface area contributed by atoms with Crippen LogP contribution in [0.15, 0.2) is 53.6 Å². The second-order valence-corrected chi connectivity index (χ2v) is 8.63. The highest BCUT2D eigenvalue weighted by atomic mass is 16.5. The first kappa shape index (κ1) is 23.1. The highest BCUT2D eigenvalue weighted by Gasteiger charge is 2.23. The van der Waals surface area contributed by atoms with Gasteiger partial charge < -0.3 is 9.64 Å². The smallest absolute Gasteiger partial charge is 0.275 e. The Bertz CT molecular complexity index is 1140. The molecule has 1 aliphatic heterocycles. The summed E-state index contributed by atoms with van der Waals surface area (Å²) in [6.45, 7) is 9.11. The number of amides is 1. The Morgan fingerprint density at radius 3 is 2.48 bits per heavy atom. The van der Waals surface area contributed by atoms with Gasteiger partial charge in [0.05, 0.1) is 24.6 Å². The van der Waals surface area contributed by atoms with E-state index >= 15 is 0 Å². The Morgan fingerprint density at radius 1 is 1.09 bits per heavy atom. The van der Waals surface area contributed by atoms with Crippen molar-refractivity contribution in [1.82, 2.24) is 24.6 Å². The van der Waals surface area contributed by atoms with Crippen LogP contribution in [0, 0.1) is 0 Å². The first-order chi connectivity index (χ1) is 16.0. The SMILES string of the molecule is CC(C)n1nc(C(=O)N(CCCN2CCOCC2)Cc2ccncc2)c2ccccc2c1=O. The molecule has 3 heterocycles. The molecule has 33 heavy (non-hydrogen) atoms. The summed E-state index contributed by atoms with van der Waals surface area (Å²) >= 11 is 0. The number of fused-ring (bicyclic) bond motifs is 1. The summed E-state index contributed by atoms with van der Waals surface area (Å²) in [4.78, 5) is 35.0. The maximum Gasteiger partial charge on any atom is 0.275 e. The number of nitrogens with zero attached hydrogens (tertiary/aromatic N) is 5. The second kappa shape index (κ2) is 10.7. The lowest BCUT2D eigenvalue weighted by atomic mass is 10.1. The maximum atomic E-state index is 13.8. The Hall–Kier alpha value is -3.10. The standard InChI is InChI=1S/C25H31N5O3/c1-19(2)30-24(31)22-7-4-3-6-21(22)23(27-30)25(32)29(18-20-8-10-26-11-9-20)13-5-12-28-14-16-33-17-15-28/h3-4,6-11,19H,5,12-18H2,1-2H3. The van der Waals surface area contributed by atoms with E-state index in [0.717, 1.165) is 44.8 Å². The fourth-order valence-corrected chi connectivity index (χ4v) is 4.14. The van der Waals surface area contributed by atoms with Crippen molar-refractivity contribution in [2.24, 2.45) is 0 Å². The number of carbonyl (C=O) groups is 1. The van der Waals surface area contributed by atoms with Crippen LogP contribution in [0.3, 0.4) is 0 Å².